The van der Waals surface area contributed by atoms with E-state index in [1.54, 1.807) is 24.3 Å². The molecular weight excluding hydrogens is 488 g/mol. The first-order valence-electron chi connectivity index (χ1n) is 9.81. The van der Waals surface area contributed by atoms with E-state index in [9.17, 15) is 18.0 Å². The lowest BCUT2D eigenvalue weighted by Gasteiger charge is -2.22. The summed E-state index contributed by atoms with van der Waals surface area (Å²) in [5.41, 5.74) is 2.16. The van der Waals surface area contributed by atoms with Crippen LogP contribution in [0.3, 0.4) is 0 Å². The average molecular weight is 511 g/mol. The van der Waals surface area contributed by atoms with E-state index in [0.29, 0.717) is 11.5 Å². The van der Waals surface area contributed by atoms with Crippen LogP contribution in [0.25, 0.3) is 0 Å². The second kappa shape index (κ2) is 10.7. The summed E-state index contributed by atoms with van der Waals surface area (Å²) < 4.78 is 33.3. The Morgan fingerprint density at radius 1 is 1.06 bits per heavy atom. The predicted octanol–water partition coefficient (Wildman–Crippen LogP) is 2.42. The monoisotopic (exact) mass is 510 g/mol. The molecule has 166 valence electrons. The minimum absolute atomic E-state index is 0.0322. The summed E-state index contributed by atoms with van der Waals surface area (Å²) >= 11 is 3.26. The molecule has 0 bridgehead atoms. The Bertz CT molecular complexity index is 1040. The summed E-state index contributed by atoms with van der Waals surface area (Å²) in [6, 6.07) is 9.44. The van der Waals surface area contributed by atoms with Gasteiger partial charge < -0.3 is 9.73 Å². The number of carbonyl (C=O) groups excluding carboxylic acids is 2. The molecule has 0 saturated heterocycles. The largest absolute Gasteiger partial charge is 0.459 e. The van der Waals surface area contributed by atoms with Crippen LogP contribution in [0.5, 0.6) is 0 Å². The first-order chi connectivity index (χ1) is 14.8. The van der Waals surface area contributed by atoms with E-state index >= 15 is 0 Å². The van der Waals surface area contributed by atoms with Gasteiger partial charge in [0.1, 0.15) is 11.5 Å². The fraction of sp³-hybridized carbons (Fsp3) is 0.350. The Kier molecular flexibility index (Phi) is 7.99. The van der Waals surface area contributed by atoms with Crippen LogP contribution in [0.2, 0.25) is 0 Å². The highest BCUT2D eigenvalue weighted by molar-refractivity contribution is 9.10. The van der Waals surface area contributed by atoms with E-state index in [2.05, 4.69) is 36.5 Å². The van der Waals surface area contributed by atoms with Gasteiger partial charge in [-0.1, -0.05) is 35.2 Å². The average Bonchev–Trinajstić information content (AvgIpc) is 3.21. The highest BCUT2D eigenvalue weighted by Gasteiger charge is 2.20. The number of halogens is 1. The zero-order valence-electron chi connectivity index (χ0n) is 16.6. The molecule has 1 fully saturated rings. The van der Waals surface area contributed by atoms with Gasteiger partial charge in [-0.25, -0.2) is 18.6 Å². The molecule has 3 N–H and O–H groups in total. The number of benzene rings is 1. The SMILES string of the molecule is O=C(N/N=C/c1ccc(CNS(=O)(=O)c2ccc(Br)cc2)o1)C(=O)NC1CCCCC1. The molecule has 1 aliphatic carbocycles. The topological polar surface area (TPSA) is 130 Å². The normalized spacial score (nSPS) is 15.1. The first kappa shape index (κ1) is 23.2. The summed E-state index contributed by atoms with van der Waals surface area (Å²) in [6.07, 6.45) is 6.24. The number of hydrogen-bond acceptors (Lipinski definition) is 6. The number of hydrazone groups is 1. The van der Waals surface area contributed by atoms with Crippen molar-refractivity contribution in [1.29, 1.82) is 0 Å². The molecule has 31 heavy (non-hydrogen) atoms. The van der Waals surface area contributed by atoms with Crippen molar-refractivity contribution < 1.29 is 22.4 Å². The molecule has 0 spiro atoms. The summed E-state index contributed by atoms with van der Waals surface area (Å²) in [5, 5.41) is 6.41. The predicted molar refractivity (Wildman–Crippen MR) is 118 cm³/mol. The van der Waals surface area contributed by atoms with Gasteiger partial charge in [0.25, 0.3) is 0 Å². The molecule has 0 atom stereocenters. The van der Waals surface area contributed by atoms with Crippen LogP contribution in [0.1, 0.15) is 43.6 Å². The summed E-state index contributed by atoms with van der Waals surface area (Å²) in [5.74, 6) is -0.906. The van der Waals surface area contributed by atoms with Crippen LogP contribution in [0.15, 0.2) is 55.3 Å². The summed E-state index contributed by atoms with van der Waals surface area (Å²) in [4.78, 5) is 23.9. The lowest BCUT2D eigenvalue weighted by molar-refractivity contribution is -0.139. The van der Waals surface area contributed by atoms with Gasteiger partial charge in [-0.3, -0.25) is 9.59 Å². The number of furan rings is 1. The Morgan fingerprint density at radius 3 is 2.48 bits per heavy atom. The highest BCUT2D eigenvalue weighted by atomic mass is 79.9. The number of nitrogens with one attached hydrogen (secondary N) is 3. The Balaban J connectivity index is 1.46. The zero-order valence-corrected chi connectivity index (χ0v) is 19.0. The molecule has 2 aromatic rings. The zero-order chi connectivity index (χ0) is 22.3. The molecular formula is C20H23BrN4O5S. The number of rotatable bonds is 7. The number of amides is 2. The van der Waals surface area contributed by atoms with Crippen LogP contribution in [-0.4, -0.2) is 32.5 Å². The minimum Gasteiger partial charge on any atom is -0.459 e. The summed E-state index contributed by atoms with van der Waals surface area (Å²) in [7, 11) is -3.68. The summed E-state index contributed by atoms with van der Waals surface area (Å²) in [6.45, 7) is -0.0532. The Hall–Kier alpha value is -2.50. The fourth-order valence-corrected chi connectivity index (χ4v) is 4.38. The molecule has 0 radical (unpaired) electrons. The van der Waals surface area contributed by atoms with Crippen molar-refractivity contribution in [3.05, 3.63) is 52.4 Å². The van der Waals surface area contributed by atoms with Gasteiger partial charge >= 0.3 is 11.8 Å². The number of carbonyl (C=O) groups is 2. The number of nitrogens with zero attached hydrogens (tertiary/aromatic N) is 1. The van der Waals surface area contributed by atoms with Crippen molar-refractivity contribution >= 4 is 44.0 Å². The van der Waals surface area contributed by atoms with Crippen molar-refractivity contribution in [3.63, 3.8) is 0 Å². The van der Waals surface area contributed by atoms with Gasteiger partial charge in [-0.15, -0.1) is 0 Å². The van der Waals surface area contributed by atoms with Crippen molar-refractivity contribution in [2.45, 2.75) is 49.6 Å². The number of sulfonamides is 1. The van der Waals surface area contributed by atoms with Gasteiger partial charge in [-0.2, -0.15) is 5.10 Å². The molecule has 1 aromatic heterocycles. The third-order valence-electron chi connectivity index (χ3n) is 4.75. The molecule has 2 amide bonds. The highest BCUT2D eigenvalue weighted by Crippen LogP contribution is 2.17. The maximum absolute atomic E-state index is 12.3. The molecule has 1 aliphatic rings. The van der Waals surface area contributed by atoms with Crippen LogP contribution < -0.4 is 15.5 Å². The molecule has 1 saturated carbocycles. The smallest absolute Gasteiger partial charge is 0.329 e. The van der Waals surface area contributed by atoms with E-state index in [1.807, 2.05) is 0 Å². The molecule has 3 rings (SSSR count). The van der Waals surface area contributed by atoms with Crippen molar-refractivity contribution in [2.75, 3.05) is 0 Å². The van der Waals surface area contributed by atoms with E-state index in [-0.39, 0.29) is 17.5 Å². The van der Waals surface area contributed by atoms with E-state index in [4.69, 9.17) is 4.42 Å². The second-order valence-corrected chi connectivity index (χ2v) is 9.77. The molecule has 9 nitrogen and oxygen atoms in total. The van der Waals surface area contributed by atoms with Crippen molar-refractivity contribution in [1.82, 2.24) is 15.5 Å². The standard InChI is InChI=1S/C20H23BrN4O5S/c21-14-6-10-18(11-7-14)31(28,29)23-13-17-9-8-16(30-17)12-22-25-20(27)19(26)24-15-4-2-1-3-5-15/h6-12,15,23H,1-5,13H2,(H,24,26)(H,25,27)/b22-12+. The number of hydrogen-bond donors (Lipinski definition) is 3. The quantitative estimate of drug-likeness (QED) is 0.299. The van der Waals surface area contributed by atoms with Gasteiger partial charge in [0.2, 0.25) is 10.0 Å². The van der Waals surface area contributed by atoms with Gasteiger partial charge in [0, 0.05) is 10.5 Å². The molecule has 0 unspecified atom stereocenters. The van der Waals surface area contributed by atoms with Gasteiger partial charge in [0.15, 0.2) is 0 Å². The fourth-order valence-electron chi connectivity index (χ4n) is 3.13. The maximum Gasteiger partial charge on any atom is 0.329 e. The lowest BCUT2D eigenvalue weighted by Crippen LogP contribution is -2.44. The van der Waals surface area contributed by atoms with Crippen LogP contribution in [0.4, 0.5) is 0 Å². The molecule has 0 aliphatic heterocycles. The van der Waals surface area contributed by atoms with E-state index in [0.717, 1.165) is 36.6 Å². The van der Waals surface area contributed by atoms with Gasteiger partial charge in [0.05, 0.1) is 17.7 Å². The third-order valence-corrected chi connectivity index (χ3v) is 6.69. The third kappa shape index (κ3) is 7.01. The Labute approximate surface area is 188 Å². The second-order valence-electron chi connectivity index (χ2n) is 7.09. The molecule has 11 heteroatoms. The minimum atomic E-state index is -3.68. The van der Waals surface area contributed by atoms with Crippen molar-refractivity contribution in [3.8, 4) is 0 Å². The van der Waals surface area contributed by atoms with Crippen molar-refractivity contribution in [2.24, 2.45) is 5.10 Å². The maximum atomic E-state index is 12.3. The Morgan fingerprint density at radius 2 is 1.77 bits per heavy atom. The van der Waals surface area contributed by atoms with Crippen LogP contribution >= 0.6 is 15.9 Å². The lowest BCUT2D eigenvalue weighted by atomic mass is 9.95. The molecule has 1 aromatic carbocycles. The first-order valence-corrected chi connectivity index (χ1v) is 12.1. The van der Waals surface area contributed by atoms with E-state index < -0.39 is 21.8 Å². The molecule has 1 heterocycles. The van der Waals surface area contributed by atoms with Crippen LogP contribution in [-0.2, 0) is 26.2 Å². The van der Waals surface area contributed by atoms with Gasteiger partial charge in [-0.05, 0) is 49.2 Å². The van der Waals surface area contributed by atoms with Crippen LogP contribution in [0, 0.1) is 0 Å². The van der Waals surface area contributed by atoms with E-state index in [1.165, 1.54) is 18.3 Å².